The maximum absolute atomic E-state index is 13.6. The van der Waals surface area contributed by atoms with Gasteiger partial charge in [0.25, 0.3) is 15.9 Å². The zero-order chi connectivity index (χ0) is 27.8. The number of para-hydroxylation sites is 1. The second kappa shape index (κ2) is 12.5. The number of hydrogen-bond donors (Lipinski definition) is 2. The van der Waals surface area contributed by atoms with Gasteiger partial charge >= 0.3 is 0 Å². The number of methoxy groups -OCH3 is 1. The summed E-state index contributed by atoms with van der Waals surface area (Å²) < 4.78 is 33.3. The molecule has 0 bridgehead atoms. The number of ether oxygens (including phenoxy) is 1. The van der Waals surface area contributed by atoms with Crippen LogP contribution in [0.3, 0.4) is 0 Å². The number of sulfonamides is 1. The molecule has 0 saturated carbocycles. The molecule has 4 aromatic rings. The number of halogens is 1. The van der Waals surface area contributed by atoms with E-state index >= 15 is 0 Å². The van der Waals surface area contributed by atoms with Crippen molar-refractivity contribution in [1.29, 1.82) is 0 Å². The minimum atomic E-state index is -4.17. The van der Waals surface area contributed by atoms with E-state index in [1.807, 2.05) is 30.3 Å². The lowest BCUT2D eigenvalue weighted by Gasteiger charge is -2.24. The number of nitrogens with one attached hydrogen (secondary N) is 2. The molecule has 4 rings (SSSR count). The van der Waals surface area contributed by atoms with Crippen molar-refractivity contribution < 1.29 is 22.7 Å². The van der Waals surface area contributed by atoms with E-state index < -0.39 is 22.5 Å². The van der Waals surface area contributed by atoms with Crippen LogP contribution < -0.4 is 19.7 Å². The number of rotatable bonds is 10. The molecular weight excluding hydrogens is 538 g/mol. The van der Waals surface area contributed by atoms with Crippen molar-refractivity contribution in [2.24, 2.45) is 0 Å². The molecule has 0 aromatic heterocycles. The number of anilines is 2. The number of benzene rings is 4. The normalized spacial score (nSPS) is 10.9. The van der Waals surface area contributed by atoms with Gasteiger partial charge < -0.3 is 15.4 Å². The predicted molar refractivity (Wildman–Crippen MR) is 152 cm³/mol. The van der Waals surface area contributed by atoms with Crippen molar-refractivity contribution in [2.75, 3.05) is 23.3 Å². The highest BCUT2D eigenvalue weighted by Gasteiger charge is 2.28. The second-order valence-electron chi connectivity index (χ2n) is 8.43. The zero-order valence-corrected chi connectivity index (χ0v) is 22.6. The summed E-state index contributed by atoms with van der Waals surface area (Å²) in [5.41, 5.74) is 1.63. The fourth-order valence-electron chi connectivity index (χ4n) is 3.80. The Morgan fingerprint density at radius 2 is 1.56 bits per heavy atom. The molecule has 0 saturated heterocycles. The predicted octanol–water partition coefficient (Wildman–Crippen LogP) is 5.11. The lowest BCUT2D eigenvalue weighted by atomic mass is 10.1. The first-order chi connectivity index (χ1) is 18.8. The molecule has 0 aliphatic heterocycles. The van der Waals surface area contributed by atoms with Crippen LogP contribution in [0.2, 0.25) is 5.02 Å². The van der Waals surface area contributed by atoms with Gasteiger partial charge in [0.05, 0.1) is 28.9 Å². The molecule has 0 heterocycles. The van der Waals surface area contributed by atoms with Crippen LogP contribution in [0.25, 0.3) is 0 Å². The average molecular weight is 564 g/mol. The quantitative estimate of drug-likeness (QED) is 0.279. The lowest BCUT2D eigenvalue weighted by molar-refractivity contribution is -0.114. The molecule has 2 N–H and O–H groups in total. The highest BCUT2D eigenvalue weighted by Crippen LogP contribution is 2.27. The molecule has 4 aromatic carbocycles. The molecular formula is C29H26ClN3O5S. The van der Waals surface area contributed by atoms with Crippen LogP contribution in [0, 0.1) is 0 Å². The number of nitrogens with zero attached hydrogens (tertiary/aromatic N) is 1. The Hall–Kier alpha value is -4.34. The van der Waals surface area contributed by atoms with Crippen molar-refractivity contribution in [1.82, 2.24) is 5.32 Å². The fourth-order valence-corrected chi connectivity index (χ4v) is 5.40. The Kier molecular flexibility index (Phi) is 8.85. The molecule has 0 fully saturated rings. The molecule has 0 aliphatic carbocycles. The minimum Gasteiger partial charge on any atom is -0.497 e. The summed E-state index contributed by atoms with van der Waals surface area (Å²) in [6.45, 7) is -0.251. The van der Waals surface area contributed by atoms with Crippen molar-refractivity contribution in [3.63, 3.8) is 0 Å². The van der Waals surface area contributed by atoms with E-state index in [0.717, 1.165) is 9.87 Å². The third-order valence-corrected chi connectivity index (χ3v) is 7.80. The maximum atomic E-state index is 13.6. The van der Waals surface area contributed by atoms with Gasteiger partial charge in [0.1, 0.15) is 12.3 Å². The van der Waals surface area contributed by atoms with Gasteiger partial charge in [-0.2, -0.15) is 0 Å². The molecule has 2 amide bonds. The van der Waals surface area contributed by atoms with E-state index in [1.54, 1.807) is 42.5 Å². The fraction of sp³-hybridized carbons (Fsp3) is 0.103. The van der Waals surface area contributed by atoms with Crippen LogP contribution in [0.4, 0.5) is 11.4 Å². The van der Waals surface area contributed by atoms with E-state index in [2.05, 4.69) is 10.6 Å². The van der Waals surface area contributed by atoms with E-state index in [9.17, 15) is 18.0 Å². The van der Waals surface area contributed by atoms with Crippen LogP contribution in [-0.4, -0.2) is 33.9 Å². The first-order valence-corrected chi connectivity index (χ1v) is 13.7. The van der Waals surface area contributed by atoms with Crippen LogP contribution in [0.5, 0.6) is 5.75 Å². The van der Waals surface area contributed by atoms with Crippen molar-refractivity contribution in [3.8, 4) is 5.75 Å². The molecule has 39 heavy (non-hydrogen) atoms. The van der Waals surface area contributed by atoms with Gasteiger partial charge in [-0.3, -0.25) is 13.9 Å². The smallest absolute Gasteiger partial charge is 0.264 e. The molecule has 0 unspecified atom stereocenters. The van der Waals surface area contributed by atoms with E-state index in [4.69, 9.17) is 16.3 Å². The Balaban J connectivity index is 1.57. The number of carbonyl (C=O) groups excluding carboxylic acids is 2. The monoisotopic (exact) mass is 563 g/mol. The Bertz CT molecular complexity index is 1560. The van der Waals surface area contributed by atoms with Crippen LogP contribution in [0.1, 0.15) is 15.9 Å². The Morgan fingerprint density at radius 1 is 0.872 bits per heavy atom. The third-order valence-electron chi connectivity index (χ3n) is 5.77. The number of amides is 2. The summed E-state index contributed by atoms with van der Waals surface area (Å²) in [6, 6.07) is 28.0. The summed E-state index contributed by atoms with van der Waals surface area (Å²) in [5, 5.41) is 5.83. The molecule has 200 valence electrons. The van der Waals surface area contributed by atoms with Gasteiger partial charge in [0.15, 0.2) is 0 Å². The van der Waals surface area contributed by atoms with Gasteiger partial charge in [-0.15, -0.1) is 0 Å². The first-order valence-electron chi connectivity index (χ1n) is 11.9. The summed E-state index contributed by atoms with van der Waals surface area (Å²) in [7, 11) is -2.69. The maximum Gasteiger partial charge on any atom is 0.264 e. The second-order valence-corrected chi connectivity index (χ2v) is 10.7. The van der Waals surface area contributed by atoms with Crippen LogP contribution in [0.15, 0.2) is 108 Å². The highest BCUT2D eigenvalue weighted by molar-refractivity contribution is 7.92. The number of carbonyl (C=O) groups is 2. The number of hydrogen-bond acceptors (Lipinski definition) is 5. The highest BCUT2D eigenvalue weighted by atomic mass is 35.5. The largest absolute Gasteiger partial charge is 0.497 e. The standard InChI is InChI=1S/C29H26ClN3O5S/c1-38-24-14-16-25(17-15-24)39(36,37)33(23-11-7-10-22(30)18-23)20-28(34)32-27-13-6-5-12-26(27)29(35)31-19-21-8-3-2-4-9-21/h2-18H,19-20H2,1H3,(H,31,35)(H,32,34). The summed E-state index contributed by atoms with van der Waals surface area (Å²) in [5.74, 6) is -0.536. The SMILES string of the molecule is COc1ccc(S(=O)(=O)N(CC(=O)Nc2ccccc2C(=O)NCc2ccccc2)c2cccc(Cl)c2)cc1. The van der Waals surface area contributed by atoms with Gasteiger partial charge in [0, 0.05) is 11.6 Å². The van der Waals surface area contributed by atoms with Gasteiger partial charge in [-0.1, -0.05) is 60.1 Å². The molecule has 10 heteroatoms. The summed E-state index contributed by atoms with van der Waals surface area (Å²) in [6.07, 6.45) is 0. The summed E-state index contributed by atoms with van der Waals surface area (Å²) in [4.78, 5) is 26.1. The van der Waals surface area contributed by atoms with Gasteiger partial charge in [-0.05, 0) is 60.2 Å². The Morgan fingerprint density at radius 3 is 2.26 bits per heavy atom. The zero-order valence-electron chi connectivity index (χ0n) is 21.0. The van der Waals surface area contributed by atoms with Gasteiger partial charge in [0.2, 0.25) is 5.91 Å². The topological polar surface area (TPSA) is 105 Å². The van der Waals surface area contributed by atoms with Crippen LogP contribution in [-0.2, 0) is 21.4 Å². The molecule has 0 spiro atoms. The Labute approximate surface area is 232 Å². The lowest BCUT2D eigenvalue weighted by Crippen LogP contribution is -2.38. The molecule has 0 radical (unpaired) electrons. The average Bonchev–Trinajstić information content (AvgIpc) is 2.95. The molecule has 0 atom stereocenters. The van der Waals surface area contributed by atoms with Crippen molar-refractivity contribution in [2.45, 2.75) is 11.4 Å². The van der Waals surface area contributed by atoms with Crippen molar-refractivity contribution in [3.05, 3.63) is 119 Å². The molecule has 8 nitrogen and oxygen atoms in total. The third kappa shape index (κ3) is 6.95. The van der Waals surface area contributed by atoms with E-state index in [1.165, 1.54) is 37.4 Å². The summed E-state index contributed by atoms with van der Waals surface area (Å²) >= 11 is 6.14. The minimum absolute atomic E-state index is 0.0308. The van der Waals surface area contributed by atoms with E-state index in [0.29, 0.717) is 17.3 Å². The van der Waals surface area contributed by atoms with Crippen LogP contribution >= 0.6 is 11.6 Å². The van der Waals surface area contributed by atoms with Crippen molar-refractivity contribution >= 4 is 44.8 Å². The first kappa shape index (κ1) is 27.7. The molecule has 0 aliphatic rings. The van der Waals surface area contributed by atoms with E-state index in [-0.39, 0.29) is 27.7 Å². The van der Waals surface area contributed by atoms with Gasteiger partial charge in [-0.25, -0.2) is 8.42 Å².